The lowest BCUT2D eigenvalue weighted by molar-refractivity contribution is -0.384. The molecule has 2 aromatic carbocycles. The predicted octanol–water partition coefficient (Wildman–Crippen LogP) is 5.17. The van der Waals surface area contributed by atoms with E-state index in [2.05, 4.69) is 5.32 Å². The zero-order chi connectivity index (χ0) is 14.7. The quantitative estimate of drug-likeness (QED) is 0.478. The fraction of sp³-hybridized carbons (Fsp3) is 0.0769. The first-order valence-corrected chi connectivity index (χ1v) is 6.73. The van der Waals surface area contributed by atoms with Gasteiger partial charge in [0.1, 0.15) is 0 Å². The summed E-state index contributed by atoms with van der Waals surface area (Å²) in [6, 6.07) is 9.37. The topological polar surface area (TPSA) is 55.2 Å². The Bertz CT molecular complexity index is 645. The molecule has 1 N–H and O–H groups in total. The van der Waals surface area contributed by atoms with Gasteiger partial charge in [-0.15, -0.1) is 0 Å². The Morgan fingerprint density at radius 2 is 1.60 bits per heavy atom. The van der Waals surface area contributed by atoms with Gasteiger partial charge in [-0.1, -0.05) is 34.8 Å². The zero-order valence-electron chi connectivity index (χ0n) is 10.1. The highest BCUT2D eigenvalue weighted by Crippen LogP contribution is 2.32. The molecular formula is C13H9Cl3N2O2. The summed E-state index contributed by atoms with van der Waals surface area (Å²) >= 11 is 18.1. The molecule has 20 heavy (non-hydrogen) atoms. The molecule has 4 nitrogen and oxygen atoms in total. The number of nitrogens with one attached hydrogen (secondary N) is 1. The number of hydrogen-bond donors (Lipinski definition) is 1. The van der Waals surface area contributed by atoms with Gasteiger partial charge >= 0.3 is 0 Å². The van der Waals surface area contributed by atoms with Crippen LogP contribution in [0.5, 0.6) is 0 Å². The van der Waals surface area contributed by atoms with Gasteiger partial charge in [-0.3, -0.25) is 10.1 Å². The van der Waals surface area contributed by atoms with Gasteiger partial charge < -0.3 is 5.32 Å². The number of benzene rings is 2. The van der Waals surface area contributed by atoms with Gasteiger partial charge in [-0.05, 0) is 24.3 Å². The van der Waals surface area contributed by atoms with Crippen molar-refractivity contribution in [1.29, 1.82) is 0 Å². The third kappa shape index (κ3) is 3.33. The normalized spacial score (nSPS) is 10.3. The van der Waals surface area contributed by atoms with Crippen molar-refractivity contribution < 1.29 is 4.92 Å². The van der Waals surface area contributed by atoms with Crippen molar-refractivity contribution in [1.82, 2.24) is 0 Å². The molecule has 0 aliphatic carbocycles. The molecule has 0 atom stereocenters. The second-order valence-electron chi connectivity index (χ2n) is 3.98. The maximum absolute atomic E-state index is 10.6. The minimum atomic E-state index is -0.450. The third-order valence-corrected chi connectivity index (χ3v) is 3.88. The van der Waals surface area contributed by atoms with Crippen molar-refractivity contribution in [2.45, 2.75) is 6.54 Å². The van der Waals surface area contributed by atoms with E-state index in [1.54, 1.807) is 24.3 Å². The SMILES string of the molecule is O=[N+]([O-])c1ccc(NCc2c(Cl)ccc(Cl)c2Cl)cc1. The number of anilines is 1. The molecule has 7 heteroatoms. The van der Waals surface area contributed by atoms with Crippen molar-refractivity contribution in [2.24, 2.45) is 0 Å². The van der Waals surface area contributed by atoms with Gasteiger partial charge in [0.25, 0.3) is 5.69 Å². The number of halogens is 3. The van der Waals surface area contributed by atoms with Crippen molar-refractivity contribution in [3.63, 3.8) is 0 Å². The average Bonchev–Trinajstić information content (AvgIpc) is 2.43. The lowest BCUT2D eigenvalue weighted by Crippen LogP contribution is -2.01. The summed E-state index contributed by atoms with van der Waals surface area (Å²) < 4.78 is 0. The van der Waals surface area contributed by atoms with Gasteiger partial charge in [0.05, 0.1) is 15.0 Å². The molecule has 2 rings (SSSR count). The predicted molar refractivity (Wildman–Crippen MR) is 81.9 cm³/mol. The minimum Gasteiger partial charge on any atom is -0.381 e. The molecular weight excluding hydrogens is 323 g/mol. The summed E-state index contributed by atoms with van der Waals surface area (Å²) in [4.78, 5) is 10.1. The van der Waals surface area contributed by atoms with E-state index in [1.165, 1.54) is 12.1 Å². The number of non-ortho nitro benzene ring substituents is 1. The maximum atomic E-state index is 10.6. The highest BCUT2D eigenvalue weighted by Gasteiger charge is 2.10. The number of nitro benzene ring substituents is 1. The monoisotopic (exact) mass is 330 g/mol. The van der Waals surface area contributed by atoms with Crippen LogP contribution in [0.3, 0.4) is 0 Å². The molecule has 0 saturated carbocycles. The fourth-order valence-corrected chi connectivity index (χ4v) is 2.30. The number of nitrogens with zero attached hydrogens (tertiary/aromatic N) is 1. The molecule has 0 radical (unpaired) electrons. The molecule has 104 valence electrons. The Hall–Kier alpha value is -1.49. The van der Waals surface area contributed by atoms with E-state index in [9.17, 15) is 10.1 Å². The summed E-state index contributed by atoms with van der Waals surface area (Å²) in [5.74, 6) is 0. The molecule has 0 fully saturated rings. The molecule has 0 aromatic heterocycles. The van der Waals surface area contributed by atoms with Gasteiger partial charge in [0, 0.05) is 35.0 Å². The van der Waals surface area contributed by atoms with E-state index in [0.29, 0.717) is 27.2 Å². The molecule has 0 amide bonds. The molecule has 0 heterocycles. The van der Waals surface area contributed by atoms with Crippen LogP contribution in [-0.4, -0.2) is 4.92 Å². The van der Waals surface area contributed by atoms with Gasteiger partial charge in [0.2, 0.25) is 0 Å². The molecule has 0 unspecified atom stereocenters. The number of hydrogen-bond acceptors (Lipinski definition) is 3. The fourth-order valence-electron chi connectivity index (χ4n) is 1.62. The second-order valence-corrected chi connectivity index (χ2v) is 5.17. The number of rotatable bonds is 4. The molecule has 0 saturated heterocycles. The summed E-state index contributed by atoms with van der Waals surface area (Å²) in [5, 5.41) is 15.0. The minimum absolute atomic E-state index is 0.0365. The standard InChI is InChI=1S/C13H9Cl3N2O2/c14-11-5-6-12(15)13(16)10(11)7-17-8-1-3-9(4-2-8)18(19)20/h1-6,17H,7H2. The van der Waals surface area contributed by atoms with Gasteiger partial charge in [0.15, 0.2) is 0 Å². The van der Waals surface area contributed by atoms with Gasteiger partial charge in [-0.2, -0.15) is 0 Å². The van der Waals surface area contributed by atoms with E-state index in [-0.39, 0.29) is 5.69 Å². The first kappa shape index (κ1) is 14.9. The second kappa shape index (κ2) is 6.31. The van der Waals surface area contributed by atoms with Crippen LogP contribution in [0, 0.1) is 10.1 Å². The Morgan fingerprint density at radius 3 is 2.20 bits per heavy atom. The summed E-state index contributed by atoms with van der Waals surface area (Å²) in [7, 11) is 0. The first-order valence-electron chi connectivity index (χ1n) is 5.59. The van der Waals surface area contributed by atoms with Crippen LogP contribution < -0.4 is 5.32 Å². The molecule has 2 aromatic rings. The van der Waals surface area contributed by atoms with Crippen molar-refractivity contribution in [3.05, 3.63) is 67.1 Å². The van der Waals surface area contributed by atoms with E-state index in [1.807, 2.05) is 0 Å². The molecule has 0 bridgehead atoms. The van der Waals surface area contributed by atoms with E-state index in [0.717, 1.165) is 5.69 Å². The van der Waals surface area contributed by atoms with Crippen LogP contribution in [0.1, 0.15) is 5.56 Å². The molecule has 0 spiro atoms. The Balaban J connectivity index is 2.13. The van der Waals surface area contributed by atoms with Crippen molar-refractivity contribution in [3.8, 4) is 0 Å². The Kier molecular flexibility index (Phi) is 4.70. The maximum Gasteiger partial charge on any atom is 0.269 e. The van der Waals surface area contributed by atoms with Crippen molar-refractivity contribution in [2.75, 3.05) is 5.32 Å². The molecule has 0 aliphatic rings. The van der Waals surface area contributed by atoms with Crippen LogP contribution in [-0.2, 0) is 6.54 Å². The molecule has 0 aliphatic heterocycles. The summed E-state index contributed by atoms with van der Waals surface area (Å²) in [6.07, 6.45) is 0. The smallest absolute Gasteiger partial charge is 0.269 e. The largest absolute Gasteiger partial charge is 0.381 e. The van der Waals surface area contributed by atoms with Crippen LogP contribution >= 0.6 is 34.8 Å². The number of nitro groups is 1. The average molecular weight is 332 g/mol. The van der Waals surface area contributed by atoms with Crippen molar-refractivity contribution >= 4 is 46.2 Å². The highest BCUT2D eigenvalue weighted by atomic mass is 35.5. The van der Waals surface area contributed by atoms with Gasteiger partial charge in [-0.25, -0.2) is 0 Å². The summed E-state index contributed by atoms with van der Waals surface area (Å²) in [5.41, 5.74) is 1.44. The lowest BCUT2D eigenvalue weighted by Gasteiger charge is -2.10. The van der Waals surface area contributed by atoms with E-state index >= 15 is 0 Å². The van der Waals surface area contributed by atoms with Crippen LogP contribution in [0.4, 0.5) is 11.4 Å². The lowest BCUT2D eigenvalue weighted by atomic mass is 10.2. The van der Waals surface area contributed by atoms with E-state index in [4.69, 9.17) is 34.8 Å². The first-order chi connectivity index (χ1) is 9.49. The zero-order valence-corrected chi connectivity index (χ0v) is 12.3. The Labute approximate surface area is 130 Å². The van der Waals surface area contributed by atoms with E-state index < -0.39 is 4.92 Å². The van der Waals surface area contributed by atoms with Crippen LogP contribution in [0.2, 0.25) is 15.1 Å². The third-order valence-electron chi connectivity index (χ3n) is 2.69. The van der Waals surface area contributed by atoms with Crippen LogP contribution in [0.15, 0.2) is 36.4 Å². The summed E-state index contributed by atoms with van der Waals surface area (Å²) in [6.45, 7) is 0.371. The highest BCUT2D eigenvalue weighted by molar-refractivity contribution is 6.44. The Morgan fingerprint density at radius 1 is 1.00 bits per heavy atom. The van der Waals surface area contributed by atoms with Crippen LogP contribution in [0.25, 0.3) is 0 Å².